The number of nitrogens with two attached hydrogens (primary N) is 1. The van der Waals surface area contributed by atoms with Crippen molar-refractivity contribution in [2.45, 2.75) is 25.4 Å². The summed E-state index contributed by atoms with van der Waals surface area (Å²) in [5.74, 6) is -0.230. The first-order chi connectivity index (χ1) is 12.5. The molecule has 0 bridgehead atoms. The molecule has 1 fully saturated rings. The van der Waals surface area contributed by atoms with Gasteiger partial charge in [0.15, 0.2) is 0 Å². The Kier molecular flexibility index (Phi) is 5.52. The van der Waals surface area contributed by atoms with E-state index < -0.39 is 12.1 Å². The Morgan fingerprint density at radius 3 is 2.62 bits per heavy atom. The minimum absolute atomic E-state index is 0.0838. The molecule has 1 atom stereocenters. The van der Waals surface area contributed by atoms with Gasteiger partial charge in [-0.3, -0.25) is 9.59 Å². The third-order valence-corrected chi connectivity index (χ3v) is 5.09. The third-order valence-electron chi connectivity index (χ3n) is 4.24. The smallest absolute Gasteiger partial charge is 0.316 e. The molecule has 4 N–H and O–H groups in total. The molecule has 0 unspecified atom stereocenters. The zero-order valence-electron chi connectivity index (χ0n) is 14.1. The maximum absolute atomic E-state index is 12.5. The average molecular weight is 372 g/mol. The number of anilines is 1. The standard InChI is InChI=1S/C18H20N4O3S/c19-18(25)21-13-7-5-12(6-8-13)11-20-16(23)14-3-1-9-22(14)17(24)15-4-2-10-26-15/h2,4-8,10,14H,1,3,9,11H2,(H,20,23)(H3,19,21,25)/t14-/m1/s1. The van der Waals surface area contributed by atoms with E-state index in [1.807, 2.05) is 11.4 Å². The van der Waals surface area contributed by atoms with Crippen molar-refractivity contribution in [1.29, 1.82) is 0 Å². The summed E-state index contributed by atoms with van der Waals surface area (Å²) in [7, 11) is 0. The lowest BCUT2D eigenvalue weighted by Crippen LogP contribution is -2.45. The molecule has 1 aromatic heterocycles. The molecule has 4 amide bonds. The van der Waals surface area contributed by atoms with Gasteiger partial charge in [-0.25, -0.2) is 4.79 Å². The summed E-state index contributed by atoms with van der Waals surface area (Å²) >= 11 is 1.39. The van der Waals surface area contributed by atoms with Crippen LogP contribution in [0.4, 0.5) is 10.5 Å². The predicted molar refractivity (Wildman–Crippen MR) is 99.9 cm³/mol. The summed E-state index contributed by atoms with van der Waals surface area (Å²) in [5, 5.41) is 7.23. The zero-order valence-corrected chi connectivity index (χ0v) is 14.9. The Morgan fingerprint density at radius 1 is 1.19 bits per heavy atom. The van der Waals surface area contributed by atoms with E-state index in [9.17, 15) is 14.4 Å². The molecular weight excluding hydrogens is 352 g/mol. The number of nitrogens with one attached hydrogen (secondary N) is 2. The number of rotatable bonds is 5. The summed E-state index contributed by atoms with van der Waals surface area (Å²) < 4.78 is 0. The van der Waals surface area contributed by atoms with E-state index in [2.05, 4.69) is 10.6 Å². The molecule has 0 radical (unpaired) electrons. The average Bonchev–Trinajstić information content (AvgIpc) is 3.31. The van der Waals surface area contributed by atoms with Crippen molar-refractivity contribution in [3.8, 4) is 0 Å². The number of hydrogen-bond acceptors (Lipinski definition) is 4. The number of primary amides is 1. The summed E-state index contributed by atoms with van der Waals surface area (Å²) in [6.45, 7) is 0.954. The van der Waals surface area contributed by atoms with Gasteiger partial charge in [0.05, 0.1) is 4.88 Å². The highest BCUT2D eigenvalue weighted by molar-refractivity contribution is 7.12. The fraction of sp³-hybridized carbons (Fsp3) is 0.278. The first-order valence-electron chi connectivity index (χ1n) is 8.32. The molecular formula is C18H20N4O3S. The molecule has 0 spiro atoms. The summed E-state index contributed by atoms with van der Waals surface area (Å²) in [5.41, 5.74) is 6.55. The van der Waals surface area contributed by atoms with E-state index in [1.54, 1.807) is 35.2 Å². The lowest BCUT2D eigenvalue weighted by molar-refractivity contribution is -0.125. The lowest BCUT2D eigenvalue weighted by Gasteiger charge is -2.23. The van der Waals surface area contributed by atoms with Crippen LogP contribution in [-0.4, -0.2) is 35.3 Å². The van der Waals surface area contributed by atoms with Crippen molar-refractivity contribution < 1.29 is 14.4 Å². The molecule has 2 heterocycles. The number of amides is 4. The fourth-order valence-corrected chi connectivity index (χ4v) is 3.66. The molecule has 0 aliphatic carbocycles. The number of urea groups is 1. The molecule has 1 saturated heterocycles. The fourth-order valence-electron chi connectivity index (χ4n) is 2.98. The second-order valence-electron chi connectivity index (χ2n) is 6.04. The molecule has 7 nitrogen and oxygen atoms in total. The van der Waals surface area contributed by atoms with Crippen molar-refractivity contribution in [3.05, 3.63) is 52.2 Å². The number of thiophene rings is 1. The highest BCUT2D eigenvalue weighted by atomic mass is 32.1. The van der Waals surface area contributed by atoms with Gasteiger partial charge in [-0.05, 0) is 42.0 Å². The highest BCUT2D eigenvalue weighted by Gasteiger charge is 2.34. The first kappa shape index (κ1) is 17.9. The van der Waals surface area contributed by atoms with Crippen LogP contribution in [-0.2, 0) is 11.3 Å². The molecule has 136 valence electrons. The van der Waals surface area contributed by atoms with Crippen LogP contribution in [0.25, 0.3) is 0 Å². The van der Waals surface area contributed by atoms with Crippen LogP contribution in [0, 0.1) is 0 Å². The maximum Gasteiger partial charge on any atom is 0.316 e. The van der Waals surface area contributed by atoms with Gasteiger partial charge in [0.2, 0.25) is 5.91 Å². The van der Waals surface area contributed by atoms with E-state index in [0.29, 0.717) is 30.1 Å². The Hall–Kier alpha value is -2.87. The number of benzene rings is 1. The van der Waals surface area contributed by atoms with Gasteiger partial charge in [0.25, 0.3) is 5.91 Å². The largest absolute Gasteiger partial charge is 0.351 e. The van der Waals surface area contributed by atoms with E-state index >= 15 is 0 Å². The van der Waals surface area contributed by atoms with E-state index in [-0.39, 0.29) is 11.8 Å². The summed E-state index contributed by atoms with van der Waals surface area (Å²) in [6.07, 6.45) is 1.49. The van der Waals surface area contributed by atoms with E-state index in [4.69, 9.17) is 5.73 Å². The van der Waals surface area contributed by atoms with E-state index in [1.165, 1.54) is 11.3 Å². The molecule has 2 aromatic rings. The molecule has 1 aliphatic heterocycles. The summed E-state index contributed by atoms with van der Waals surface area (Å²) in [6, 6.07) is 9.59. The zero-order chi connectivity index (χ0) is 18.5. The van der Waals surface area contributed by atoms with Gasteiger partial charge in [-0.2, -0.15) is 0 Å². The lowest BCUT2D eigenvalue weighted by atomic mass is 10.1. The van der Waals surface area contributed by atoms with Crippen LogP contribution in [0.1, 0.15) is 28.1 Å². The highest BCUT2D eigenvalue weighted by Crippen LogP contribution is 2.22. The van der Waals surface area contributed by atoms with Gasteiger partial charge in [-0.1, -0.05) is 18.2 Å². The minimum atomic E-state index is -0.622. The second-order valence-corrected chi connectivity index (χ2v) is 6.99. The van der Waals surface area contributed by atoms with Crippen LogP contribution < -0.4 is 16.4 Å². The number of hydrogen-bond donors (Lipinski definition) is 3. The molecule has 8 heteroatoms. The minimum Gasteiger partial charge on any atom is -0.351 e. The SMILES string of the molecule is NC(=O)Nc1ccc(CNC(=O)[C@H]2CCCN2C(=O)c2cccs2)cc1. The second kappa shape index (κ2) is 8.01. The van der Waals surface area contributed by atoms with Crippen LogP contribution in [0.15, 0.2) is 41.8 Å². The van der Waals surface area contributed by atoms with Crippen LogP contribution >= 0.6 is 11.3 Å². The first-order valence-corrected chi connectivity index (χ1v) is 9.20. The third kappa shape index (κ3) is 4.20. The molecule has 1 aromatic carbocycles. The predicted octanol–water partition coefficient (Wildman–Crippen LogP) is 2.16. The van der Waals surface area contributed by atoms with Crippen molar-refractivity contribution in [2.24, 2.45) is 5.73 Å². The van der Waals surface area contributed by atoms with Gasteiger partial charge >= 0.3 is 6.03 Å². The number of carbonyl (C=O) groups excluding carboxylic acids is 3. The van der Waals surface area contributed by atoms with Crippen LogP contribution in [0.2, 0.25) is 0 Å². The van der Waals surface area contributed by atoms with Crippen LogP contribution in [0.3, 0.4) is 0 Å². The molecule has 0 saturated carbocycles. The van der Waals surface area contributed by atoms with Crippen LogP contribution in [0.5, 0.6) is 0 Å². The number of carbonyl (C=O) groups is 3. The number of nitrogens with zero attached hydrogens (tertiary/aromatic N) is 1. The van der Waals surface area contributed by atoms with Crippen molar-refractivity contribution in [1.82, 2.24) is 10.2 Å². The molecule has 1 aliphatic rings. The van der Waals surface area contributed by atoms with Crippen molar-refractivity contribution in [3.63, 3.8) is 0 Å². The van der Waals surface area contributed by atoms with Gasteiger partial charge in [0.1, 0.15) is 6.04 Å². The quantitative estimate of drug-likeness (QED) is 0.749. The Balaban J connectivity index is 1.57. The van der Waals surface area contributed by atoms with Crippen molar-refractivity contribution in [2.75, 3.05) is 11.9 Å². The monoisotopic (exact) mass is 372 g/mol. The number of likely N-dealkylation sites (tertiary alicyclic amines) is 1. The molecule has 26 heavy (non-hydrogen) atoms. The van der Waals surface area contributed by atoms with Gasteiger partial charge in [0, 0.05) is 18.8 Å². The summed E-state index contributed by atoms with van der Waals surface area (Å²) in [4.78, 5) is 38.2. The van der Waals surface area contributed by atoms with Gasteiger partial charge < -0.3 is 21.3 Å². The Bertz CT molecular complexity index is 789. The molecule has 3 rings (SSSR count). The normalized spacial score (nSPS) is 16.3. The van der Waals surface area contributed by atoms with E-state index in [0.717, 1.165) is 12.0 Å². The Morgan fingerprint density at radius 2 is 1.96 bits per heavy atom. The van der Waals surface area contributed by atoms with Gasteiger partial charge in [-0.15, -0.1) is 11.3 Å². The Labute approximate surface area is 155 Å². The van der Waals surface area contributed by atoms with Crippen molar-refractivity contribution >= 4 is 34.9 Å². The topological polar surface area (TPSA) is 105 Å². The maximum atomic E-state index is 12.5.